The molecular formula is C15H16BrNOS. The van der Waals surface area contributed by atoms with Crippen molar-refractivity contribution in [1.29, 1.82) is 0 Å². The van der Waals surface area contributed by atoms with Crippen LogP contribution >= 0.6 is 27.3 Å². The topological polar surface area (TPSA) is 20.3 Å². The van der Waals surface area contributed by atoms with Crippen molar-refractivity contribution in [3.63, 3.8) is 0 Å². The van der Waals surface area contributed by atoms with Crippen molar-refractivity contribution in [2.24, 2.45) is 0 Å². The van der Waals surface area contributed by atoms with Gasteiger partial charge in [-0.25, -0.2) is 0 Å². The average molecular weight is 338 g/mol. The fourth-order valence-corrected chi connectivity index (χ4v) is 3.40. The van der Waals surface area contributed by atoms with Gasteiger partial charge >= 0.3 is 0 Å². The molecule has 0 aliphatic heterocycles. The highest BCUT2D eigenvalue weighted by Crippen LogP contribution is 2.23. The Bertz CT molecular complexity index is 579. The van der Waals surface area contributed by atoms with Crippen molar-refractivity contribution in [3.8, 4) is 0 Å². The van der Waals surface area contributed by atoms with E-state index in [-0.39, 0.29) is 5.91 Å². The number of amides is 1. The minimum absolute atomic E-state index is 0.152. The lowest BCUT2D eigenvalue weighted by molar-refractivity contribution is -0.129. The monoisotopic (exact) mass is 337 g/mol. The smallest absolute Gasteiger partial charge is 0.227 e. The third kappa shape index (κ3) is 3.91. The third-order valence-electron chi connectivity index (χ3n) is 3.05. The number of benzene rings is 1. The van der Waals surface area contributed by atoms with Crippen molar-refractivity contribution in [2.75, 3.05) is 7.05 Å². The van der Waals surface area contributed by atoms with Gasteiger partial charge in [-0.05, 0) is 46.1 Å². The summed E-state index contributed by atoms with van der Waals surface area (Å²) in [5.41, 5.74) is 2.27. The number of aryl methyl sites for hydroxylation is 1. The number of rotatable bonds is 4. The molecule has 2 rings (SSSR count). The molecule has 19 heavy (non-hydrogen) atoms. The molecule has 4 heteroatoms. The van der Waals surface area contributed by atoms with E-state index in [1.807, 2.05) is 50.4 Å². The molecule has 0 saturated carbocycles. The number of carbonyl (C=O) groups is 1. The van der Waals surface area contributed by atoms with E-state index in [0.29, 0.717) is 13.0 Å². The fourth-order valence-electron chi connectivity index (χ4n) is 1.86. The number of carbonyl (C=O) groups excluding carboxylic acids is 1. The first-order chi connectivity index (χ1) is 9.06. The van der Waals surface area contributed by atoms with Crippen LogP contribution < -0.4 is 0 Å². The SMILES string of the molecule is Cc1ccccc1CC(=O)N(C)Cc1ccc(Br)s1. The summed E-state index contributed by atoms with van der Waals surface area (Å²) in [6, 6.07) is 12.1. The summed E-state index contributed by atoms with van der Waals surface area (Å²) in [4.78, 5) is 15.2. The summed E-state index contributed by atoms with van der Waals surface area (Å²) in [5.74, 6) is 0.152. The predicted molar refractivity (Wildman–Crippen MR) is 83.4 cm³/mol. The summed E-state index contributed by atoms with van der Waals surface area (Å²) in [5, 5.41) is 0. The first-order valence-corrected chi connectivity index (χ1v) is 7.70. The van der Waals surface area contributed by atoms with Gasteiger partial charge in [0, 0.05) is 11.9 Å². The second-order valence-corrected chi connectivity index (χ2v) is 7.11. The molecule has 1 aromatic carbocycles. The molecule has 2 aromatic rings. The summed E-state index contributed by atoms with van der Waals surface area (Å²) in [6.07, 6.45) is 0.468. The van der Waals surface area contributed by atoms with Crippen LogP contribution in [0.4, 0.5) is 0 Å². The van der Waals surface area contributed by atoms with E-state index in [9.17, 15) is 4.79 Å². The maximum Gasteiger partial charge on any atom is 0.227 e. The summed E-state index contributed by atoms with van der Waals surface area (Å²) < 4.78 is 1.10. The number of hydrogen-bond donors (Lipinski definition) is 0. The van der Waals surface area contributed by atoms with Crippen LogP contribution in [0.15, 0.2) is 40.2 Å². The van der Waals surface area contributed by atoms with Crippen LogP contribution in [0.1, 0.15) is 16.0 Å². The Hall–Kier alpha value is -1.13. The van der Waals surface area contributed by atoms with Crippen molar-refractivity contribution in [1.82, 2.24) is 4.90 Å². The van der Waals surface area contributed by atoms with E-state index in [0.717, 1.165) is 9.35 Å². The highest BCUT2D eigenvalue weighted by atomic mass is 79.9. The lowest BCUT2D eigenvalue weighted by Crippen LogP contribution is -2.27. The van der Waals surface area contributed by atoms with Crippen molar-refractivity contribution in [3.05, 3.63) is 56.2 Å². The van der Waals surface area contributed by atoms with Crippen LogP contribution in [-0.2, 0) is 17.8 Å². The number of nitrogens with zero attached hydrogens (tertiary/aromatic N) is 1. The molecule has 0 spiro atoms. The minimum atomic E-state index is 0.152. The Morgan fingerprint density at radius 2 is 2.00 bits per heavy atom. The van der Waals surface area contributed by atoms with E-state index in [2.05, 4.69) is 15.9 Å². The molecule has 2 nitrogen and oxygen atoms in total. The molecule has 0 bridgehead atoms. The van der Waals surface area contributed by atoms with Gasteiger partial charge in [-0.15, -0.1) is 11.3 Å². The zero-order valence-electron chi connectivity index (χ0n) is 11.0. The standard InChI is InChI=1S/C15H16BrNOS/c1-11-5-3-4-6-12(11)9-15(18)17(2)10-13-7-8-14(16)19-13/h3-8H,9-10H2,1-2H3. The molecule has 1 amide bonds. The van der Waals surface area contributed by atoms with Crippen LogP contribution in [0.2, 0.25) is 0 Å². The normalized spacial score (nSPS) is 10.5. The third-order valence-corrected chi connectivity index (χ3v) is 4.66. The predicted octanol–water partition coefficient (Wildman–Crippen LogP) is 4.02. The van der Waals surface area contributed by atoms with Gasteiger partial charge in [0.25, 0.3) is 0 Å². The largest absolute Gasteiger partial charge is 0.340 e. The Balaban J connectivity index is 1.98. The quantitative estimate of drug-likeness (QED) is 0.825. The first-order valence-electron chi connectivity index (χ1n) is 6.09. The molecule has 0 atom stereocenters. The van der Waals surface area contributed by atoms with Crippen LogP contribution in [0.25, 0.3) is 0 Å². The zero-order valence-corrected chi connectivity index (χ0v) is 13.4. The van der Waals surface area contributed by atoms with E-state index in [4.69, 9.17) is 0 Å². The molecule has 0 radical (unpaired) electrons. The van der Waals surface area contributed by atoms with E-state index < -0.39 is 0 Å². The summed E-state index contributed by atoms with van der Waals surface area (Å²) in [7, 11) is 1.86. The maximum atomic E-state index is 12.2. The number of hydrogen-bond acceptors (Lipinski definition) is 2. The fraction of sp³-hybridized carbons (Fsp3) is 0.267. The average Bonchev–Trinajstić information content (AvgIpc) is 2.77. The van der Waals surface area contributed by atoms with Crippen LogP contribution in [0.3, 0.4) is 0 Å². The molecule has 0 aliphatic rings. The van der Waals surface area contributed by atoms with E-state index >= 15 is 0 Å². The van der Waals surface area contributed by atoms with Crippen molar-refractivity contribution < 1.29 is 4.79 Å². The van der Waals surface area contributed by atoms with Gasteiger partial charge in [0.1, 0.15) is 0 Å². The molecule has 0 aliphatic carbocycles. The minimum Gasteiger partial charge on any atom is -0.340 e. The summed E-state index contributed by atoms with van der Waals surface area (Å²) >= 11 is 5.10. The number of halogens is 1. The lowest BCUT2D eigenvalue weighted by atomic mass is 10.1. The Labute approximate surface area is 126 Å². The molecule has 0 N–H and O–H groups in total. The molecular weight excluding hydrogens is 322 g/mol. The van der Waals surface area contributed by atoms with Crippen molar-refractivity contribution in [2.45, 2.75) is 19.9 Å². The van der Waals surface area contributed by atoms with Gasteiger partial charge in [-0.2, -0.15) is 0 Å². The molecule has 0 fully saturated rings. The second kappa shape index (κ2) is 6.35. The molecule has 1 heterocycles. The zero-order chi connectivity index (χ0) is 13.8. The van der Waals surface area contributed by atoms with Gasteiger partial charge in [-0.3, -0.25) is 4.79 Å². The summed E-state index contributed by atoms with van der Waals surface area (Å²) in [6.45, 7) is 2.71. The Morgan fingerprint density at radius 1 is 1.26 bits per heavy atom. The van der Waals surface area contributed by atoms with E-state index in [1.165, 1.54) is 10.4 Å². The van der Waals surface area contributed by atoms with Crippen LogP contribution in [0.5, 0.6) is 0 Å². The molecule has 0 unspecified atom stereocenters. The van der Waals surface area contributed by atoms with E-state index in [1.54, 1.807) is 16.2 Å². The van der Waals surface area contributed by atoms with Gasteiger partial charge in [-0.1, -0.05) is 24.3 Å². The first kappa shape index (κ1) is 14.3. The molecule has 1 aromatic heterocycles. The lowest BCUT2D eigenvalue weighted by Gasteiger charge is -2.17. The highest BCUT2D eigenvalue weighted by molar-refractivity contribution is 9.11. The van der Waals surface area contributed by atoms with Crippen LogP contribution in [0, 0.1) is 6.92 Å². The highest BCUT2D eigenvalue weighted by Gasteiger charge is 2.12. The van der Waals surface area contributed by atoms with Gasteiger partial charge < -0.3 is 4.90 Å². The Kier molecular flexibility index (Phi) is 4.77. The number of thiophene rings is 1. The van der Waals surface area contributed by atoms with Crippen molar-refractivity contribution >= 4 is 33.2 Å². The second-order valence-electron chi connectivity index (χ2n) is 4.56. The number of likely N-dealkylation sites (N-methyl/N-ethyl adjacent to an activating group) is 1. The van der Waals surface area contributed by atoms with Gasteiger partial charge in [0.2, 0.25) is 5.91 Å². The maximum absolute atomic E-state index is 12.2. The van der Waals surface area contributed by atoms with Gasteiger partial charge in [0.15, 0.2) is 0 Å². The Morgan fingerprint density at radius 3 is 2.63 bits per heavy atom. The van der Waals surface area contributed by atoms with Crippen LogP contribution in [-0.4, -0.2) is 17.9 Å². The molecule has 100 valence electrons. The molecule has 0 saturated heterocycles. The van der Waals surface area contributed by atoms with Gasteiger partial charge in [0.05, 0.1) is 16.8 Å².